The Morgan fingerprint density at radius 2 is 2.32 bits per heavy atom. The number of carbonyl (C=O) groups is 1. The topological polar surface area (TPSA) is 83.8 Å². The SMILES string of the molecule is Cc1c(N)cccc1C(=O)NCCCc1ncc[nH]1. The van der Waals surface area contributed by atoms with Crippen LogP contribution in [0.25, 0.3) is 0 Å². The zero-order chi connectivity index (χ0) is 13.7. The molecule has 0 unspecified atom stereocenters. The lowest BCUT2D eigenvalue weighted by atomic mass is 10.1. The summed E-state index contributed by atoms with van der Waals surface area (Å²) in [7, 11) is 0. The Morgan fingerprint density at radius 1 is 1.47 bits per heavy atom. The lowest BCUT2D eigenvalue weighted by Crippen LogP contribution is -2.25. The van der Waals surface area contributed by atoms with Gasteiger partial charge in [0.25, 0.3) is 5.91 Å². The van der Waals surface area contributed by atoms with Gasteiger partial charge in [0.05, 0.1) is 0 Å². The summed E-state index contributed by atoms with van der Waals surface area (Å²) < 4.78 is 0. The number of carbonyl (C=O) groups excluding carboxylic acids is 1. The normalized spacial score (nSPS) is 10.4. The highest BCUT2D eigenvalue weighted by Gasteiger charge is 2.09. The summed E-state index contributed by atoms with van der Waals surface area (Å²) in [5.74, 6) is 0.860. The molecule has 0 aliphatic heterocycles. The van der Waals surface area contributed by atoms with Crippen molar-refractivity contribution in [1.29, 1.82) is 0 Å². The summed E-state index contributed by atoms with van der Waals surface area (Å²) in [6, 6.07) is 5.37. The number of hydrogen-bond donors (Lipinski definition) is 3. The minimum atomic E-state index is -0.0794. The van der Waals surface area contributed by atoms with E-state index >= 15 is 0 Å². The van der Waals surface area contributed by atoms with Crippen molar-refractivity contribution in [2.75, 3.05) is 12.3 Å². The highest BCUT2D eigenvalue weighted by Crippen LogP contribution is 2.15. The Balaban J connectivity index is 1.83. The second-order valence-corrected chi connectivity index (χ2v) is 4.42. The van der Waals surface area contributed by atoms with Crippen LogP contribution < -0.4 is 11.1 Å². The second kappa shape index (κ2) is 6.04. The molecule has 5 nitrogen and oxygen atoms in total. The second-order valence-electron chi connectivity index (χ2n) is 4.42. The maximum atomic E-state index is 12.0. The molecular formula is C14H18N4O. The summed E-state index contributed by atoms with van der Waals surface area (Å²) in [5.41, 5.74) is 7.89. The number of benzene rings is 1. The molecule has 0 radical (unpaired) electrons. The number of aromatic nitrogens is 2. The monoisotopic (exact) mass is 258 g/mol. The standard InChI is InChI=1S/C14H18N4O/c1-10-11(4-2-5-12(10)15)14(19)18-7-3-6-13-16-8-9-17-13/h2,4-5,8-9H,3,6-7,15H2,1H3,(H,16,17)(H,18,19). The molecule has 0 fully saturated rings. The first-order chi connectivity index (χ1) is 9.18. The van der Waals surface area contributed by atoms with E-state index in [1.165, 1.54) is 0 Å². The van der Waals surface area contributed by atoms with Crippen LogP contribution in [-0.2, 0) is 6.42 Å². The van der Waals surface area contributed by atoms with Crippen molar-refractivity contribution >= 4 is 11.6 Å². The highest BCUT2D eigenvalue weighted by molar-refractivity contribution is 5.96. The zero-order valence-corrected chi connectivity index (χ0v) is 10.9. The average molecular weight is 258 g/mol. The van der Waals surface area contributed by atoms with E-state index < -0.39 is 0 Å². The fourth-order valence-electron chi connectivity index (χ4n) is 1.89. The molecule has 100 valence electrons. The fourth-order valence-corrected chi connectivity index (χ4v) is 1.89. The van der Waals surface area contributed by atoms with Gasteiger partial charge in [-0.1, -0.05) is 6.07 Å². The Morgan fingerprint density at radius 3 is 3.05 bits per heavy atom. The molecule has 0 aliphatic carbocycles. The molecule has 1 aromatic carbocycles. The van der Waals surface area contributed by atoms with E-state index in [1.54, 1.807) is 30.6 Å². The third-order valence-electron chi connectivity index (χ3n) is 3.05. The number of nitrogens with zero attached hydrogens (tertiary/aromatic N) is 1. The van der Waals surface area contributed by atoms with Gasteiger partial charge in [-0.05, 0) is 31.0 Å². The smallest absolute Gasteiger partial charge is 0.251 e. The van der Waals surface area contributed by atoms with Gasteiger partial charge in [0.2, 0.25) is 0 Å². The van der Waals surface area contributed by atoms with E-state index in [0.29, 0.717) is 17.8 Å². The first-order valence-electron chi connectivity index (χ1n) is 6.30. The van der Waals surface area contributed by atoms with E-state index in [-0.39, 0.29) is 5.91 Å². The van der Waals surface area contributed by atoms with Gasteiger partial charge in [-0.2, -0.15) is 0 Å². The summed E-state index contributed by atoms with van der Waals surface area (Å²) in [6.07, 6.45) is 5.19. The van der Waals surface area contributed by atoms with Gasteiger partial charge >= 0.3 is 0 Å². The van der Waals surface area contributed by atoms with E-state index in [1.807, 2.05) is 6.92 Å². The van der Waals surface area contributed by atoms with Crippen LogP contribution in [0.3, 0.4) is 0 Å². The number of amides is 1. The number of aryl methyl sites for hydroxylation is 1. The molecule has 1 heterocycles. The van der Waals surface area contributed by atoms with Gasteiger partial charge in [-0.25, -0.2) is 4.98 Å². The van der Waals surface area contributed by atoms with Gasteiger partial charge in [-0.3, -0.25) is 4.79 Å². The van der Waals surface area contributed by atoms with Gasteiger partial charge in [0.15, 0.2) is 0 Å². The summed E-state index contributed by atoms with van der Waals surface area (Å²) in [6.45, 7) is 2.47. The minimum absolute atomic E-state index is 0.0794. The Kier molecular flexibility index (Phi) is 4.18. The maximum Gasteiger partial charge on any atom is 0.251 e. The van der Waals surface area contributed by atoms with Crippen LogP contribution >= 0.6 is 0 Å². The van der Waals surface area contributed by atoms with Crippen molar-refractivity contribution in [1.82, 2.24) is 15.3 Å². The molecule has 0 saturated carbocycles. The van der Waals surface area contributed by atoms with Gasteiger partial charge in [-0.15, -0.1) is 0 Å². The summed E-state index contributed by atoms with van der Waals surface area (Å²) in [5, 5.41) is 2.89. The van der Waals surface area contributed by atoms with Crippen LogP contribution in [0.5, 0.6) is 0 Å². The van der Waals surface area contributed by atoms with E-state index in [4.69, 9.17) is 5.73 Å². The Labute approximate surface area is 112 Å². The van der Waals surface area contributed by atoms with Crippen molar-refractivity contribution in [2.45, 2.75) is 19.8 Å². The van der Waals surface area contributed by atoms with Crippen molar-refractivity contribution in [3.05, 3.63) is 47.5 Å². The molecule has 0 saturated heterocycles. The van der Waals surface area contributed by atoms with E-state index in [2.05, 4.69) is 15.3 Å². The van der Waals surface area contributed by atoms with Crippen molar-refractivity contribution in [2.24, 2.45) is 0 Å². The Bertz CT molecular complexity index is 549. The van der Waals surface area contributed by atoms with E-state index in [9.17, 15) is 4.79 Å². The molecule has 19 heavy (non-hydrogen) atoms. The van der Waals surface area contributed by atoms with Crippen molar-refractivity contribution < 1.29 is 4.79 Å². The number of hydrogen-bond acceptors (Lipinski definition) is 3. The van der Waals surface area contributed by atoms with Crippen LogP contribution in [0, 0.1) is 6.92 Å². The third-order valence-corrected chi connectivity index (χ3v) is 3.05. The number of H-pyrrole nitrogens is 1. The molecule has 2 rings (SSSR count). The number of nitrogens with one attached hydrogen (secondary N) is 2. The van der Waals surface area contributed by atoms with Crippen molar-refractivity contribution in [3.63, 3.8) is 0 Å². The number of anilines is 1. The Hall–Kier alpha value is -2.30. The maximum absolute atomic E-state index is 12.0. The van der Waals surface area contributed by atoms with Crippen LogP contribution in [0.15, 0.2) is 30.6 Å². The predicted octanol–water partition coefficient (Wildman–Crippen LogP) is 1.66. The first-order valence-corrected chi connectivity index (χ1v) is 6.30. The summed E-state index contributed by atoms with van der Waals surface area (Å²) >= 11 is 0. The molecule has 0 bridgehead atoms. The zero-order valence-electron chi connectivity index (χ0n) is 10.9. The molecule has 0 atom stereocenters. The molecule has 2 aromatic rings. The number of imidazole rings is 1. The fraction of sp³-hybridized carbons (Fsp3) is 0.286. The van der Waals surface area contributed by atoms with E-state index in [0.717, 1.165) is 24.2 Å². The van der Waals surface area contributed by atoms with Crippen LogP contribution in [-0.4, -0.2) is 22.4 Å². The quantitative estimate of drug-likeness (QED) is 0.563. The molecule has 0 aliphatic rings. The number of rotatable bonds is 5. The molecule has 1 aromatic heterocycles. The van der Waals surface area contributed by atoms with Gasteiger partial charge in [0.1, 0.15) is 5.82 Å². The lowest BCUT2D eigenvalue weighted by molar-refractivity contribution is 0.0952. The highest BCUT2D eigenvalue weighted by atomic mass is 16.1. The van der Waals surface area contributed by atoms with Gasteiger partial charge in [0, 0.05) is 36.6 Å². The lowest BCUT2D eigenvalue weighted by Gasteiger charge is -2.08. The molecular weight excluding hydrogens is 240 g/mol. The molecule has 1 amide bonds. The molecule has 0 spiro atoms. The van der Waals surface area contributed by atoms with Crippen molar-refractivity contribution in [3.8, 4) is 0 Å². The number of aromatic amines is 1. The van der Waals surface area contributed by atoms with Crippen LogP contribution in [0.4, 0.5) is 5.69 Å². The minimum Gasteiger partial charge on any atom is -0.398 e. The number of nitrogens with two attached hydrogens (primary N) is 1. The first kappa shape index (κ1) is 13.1. The predicted molar refractivity (Wildman–Crippen MR) is 74.8 cm³/mol. The average Bonchev–Trinajstić information content (AvgIpc) is 2.91. The van der Waals surface area contributed by atoms with Gasteiger partial charge < -0.3 is 16.0 Å². The largest absolute Gasteiger partial charge is 0.398 e. The summed E-state index contributed by atoms with van der Waals surface area (Å²) in [4.78, 5) is 19.2. The third kappa shape index (κ3) is 3.34. The van der Waals surface area contributed by atoms with Crippen LogP contribution in [0.1, 0.15) is 28.2 Å². The van der Waals surface area contributed by atoms with Crippen LogP contribution in [0.2, 0.25) is 0 Å². The number of nitrogen functional groups attached to an aromatic ring is 1. The molecule has 4 N–H and O–H groups in total. The molecule has 5 heteroatoms.